The van der Waals surface area contributed by atoms with Crippen LogP contribution in [-0.4, -0.2) is 31.8 Å². The Hall–Kier alpha value is -5.36. The first-order valence-corrected chi connectivity index (χ1v) is 13.3. The Morgan fingerprint density at radius 3 is 1.20 bits per heavy atom. The molecule has 0 radical (unpaired) electrons. The van der Waals surface area contributed by atoms with Gasteiger partial charge >= 0.3 is 0 Å². The number of hydrogen-bond acceptors (Lipinski definition) is 4. The van der Waals surface area contributed by atoms with Crippen LogP contribution < -0.4 is 0 Å². The predicted octanol–water partition coefficient (Wildman–Crippen LogP) is 7.15. The second-order valence-corrected chi connectivity index (χ2v) is 9.47. The van der Waals surface area contributed by atoms with Gasteiger partial charge in [0.05, 0.1) is 22.8 Å². The number of aromatic nitrogens is 4. The molecule has 0 atom stereocenters. The molecule has 6 aromatic rings. The van der Waals surface area contributed by atoms with Crippen molar-refractivity contribution in [2.45, 2.75) is 12.8 Å². The molecule has 194 valence electrons. The van der Waals surface area contributed by atoms with E-state index in [4.69, 9.17) is 10.2 Å². The van der Waals surface area contributed by atoms with E-state index < -0.39 is 0 Å². The maximum atomic E-state index is 4.83. The van der Waals surface area contributed by atoms with E-state index in [-0.39, 0.29) is 0 Å². The zero-order valence-corrected chi connectivity index (χ0v) is 21.9. The smallest absolute Gasteiger partial charge is 0.0923 e. The molecule has 0 bridgehead atoms. The lowest BCUT2D eigenvalue weighted by molar-refractivity contribution is 1.01. The van der Waals surface area contributed by atoms with E-state index in [0.717, 1.165) is 56.5 Å². The van der Waals surface area contributed by atoms with Crippen molar-refractivity contribution < 1.29 is 0 Å². The average molecular weight is 521 g/mol. The third-order valence-electron chi connectivity index (χ3n) is 6.62. The van der Waals surface area contributed by atoms with Crippen LogP contribution >= 0.6 is 0 Å². The summed E-state index contributed by atoms with van der Waals surface area (Å²) in [6.07, 6.45) is 1.13. The fourth-order valence-corrected chi connectivity index (χ4v) is 4.55. The summed E-state index contributed by atoms with van der Waals surface area (Å²) in [5.41, 5.74) is 9.64. The van der Waals surface area contributed by atoms with Crippen molar-refractivity contribution in [3.05, 3.63) is 156 Å². The van der Waals surface area contributed by atoms with Crippen LogP contribution in [0.2, 0.25) is 0 Å². The molecule has 0 aliphatic carbocycles. The lowest BCUT2D eigenvalue weighted by atomic mass is 10.0. The lowest BCUT2D eigenvalue weighted by Gasteiger charge is -2.07. The summed E-state index contributed by atoms with van der Waals surface area (Å²) < 4.78 is 0. The summed E-state index contributed by atoms with van der Waals surface area (Å²) in [6.45, 7) is 0. The molecule has 2 heterocycles. The zero-order chi connectivity index (χ0) is 27.0. The summed E-state index contributed by atoms with van der Waals surface area (Å²) in [4.78, 5) is 0. The van der Waals surface area contributed by atoms with Crippen molar-refractivity contribution in [3.8, 4) is 22.5 Å². The number of nitrogens with one attached hydrogen (secondary N) is 2. The van der Waals surface area contributed by atoms with Gasteiger partial charge in [0.25, 0.3) is 0 Å². The largest absolute Gasteiger partial charge is 0.282 e. The molecule has 0 fully saturated rings. The minimum atomic E-state index is 0.567. The first-order chi connectivity index (χ1) is 19.8. The lowest BCUT2D eigenvalue weighted by Crippen LogP contribution is -2.09. The van der Waals surface area contributed by atoms with Crippen LogP contribution in [0.4, 0.5) is 0 Å². The summed E-state index contributed by atoms with van der Waals surface area (Å²) in [5, 5.41) is 25.1. The Labute approximate surface area is 233 Å². The molecule has 2 N–H and O–H groups in total. The minimum absolute atomic E-state index is 0.567. The van der Waals surface area contributed by atoms with Gasteiger partial charge in [-0.2, -0.15) is 20.4 Å². The molecule has 0 saturated carbocycles. The van der Waals surface area contributed by atoms with E-state index in [9.17, 15) is 0 Å². The molecular weight excluding hydrogens is 492 g/mol. The number of benzene rings is 4. The molecule has 6 nitrogen and oxygen atoms in total. The monoisotopic (exact) mass is 520 g/mol. The third-order valence-corrected chi connectivity index (χ3v) is 6.62. The van der Waals surface area contributed by atoms with E-state index in [1.165, 1.54) is 0 Å². The fourth-order valence-electron chi connectivity index (χ4n) is 4.55. The first-order valence-electron chi connectivity index (χ1n) is 13.3. The molecule has 40 heavy (non-hydrogen) atoms. The Kier molecular flexibility index (Phi) is 7.49. The number of H-pyrrole nitrogens is 2. The topological polar surface area (TPSA) is 82.1 Å². The molecule has 0 unspecified atom stereocenters. The van der Waals surface area contributed by atoms with E-state index in [0.29, 0.717) is 12.8 Å². The van der Waals surface area contributed by atoms with Crippen molar-refractivity contribution in [1.29, 1.82) is 0 Å². The van der Waals surface area contributed by atoms with Gasteiger partial charge in [0.15, 0.2) is 0 Å². The zero-order valence-electron chi connectivity index (χ0n) is 21.9. The van der Waals surface area contributed by atoms with Crippen LogP contribution in [0.1, 0.15) is 22.5 Å². The van der Waals surface area contributed by atoms with Crippen molar-refractivity contribution in [2.24, 2.45) is 10.2 Å². The Morgan fingerprint density at radius 1 is 0.475 bits per heavy atom. The minimum Gasteiger partial charge on any atom is -0.282 e. The van der Waals surface area contributed by atoms with Crippen molar-refractivity contribution in [1.82, 2.24) is 20.4 Å². The highest BCUT2D eigenvalue weighted by Crippen LogP contribution is 2.20. The van der Waals surface area contributed by atoms with Crippen LogP contribution in [0.3, 0.4) is 0 Å². The Bertz CT molecular complexity index is 1590. The van der Waals surface area contributed by atoms with E-state index in [1.54, 1.807) is 0 Å². The second kappa shape index (κ2) is 12.0. The summed E-state index contributed by atoms with van der Waals surface area (Å²) >= 11 is 0. The molecule has 0 saturated heterocycles. The Morgan fingerprint density at radius 2 is 0.825 bits per heavy atom. The van der Waals surface area contributed by atoms with Crippen molar-refractivity contribution in [2.75, 3.05) is 0 Å². The number of hydrogen-bond donors (Lipinski definition) is 2. The third kappa shape index (κ3) is 6.03. The molecule has 4 aromatic carbocycles. The van der Waals surface area contributed by atoms with Gasteiger partial charge in [-0.25, -0.2) is 0 Å². The maximum Gasteiger partial charge on any atom is 0.0923 e. The number of aromatic amines is 2. The van der Waals surface area contributed by atoms with Crippen LogP contribution in [0.5, 0.6) is 0 Å². The van der Waals surface area contributed by atoms with E-state index in [1.807, 2.05) is 72.8 Å². The van der Waals surface area contributed by atoms with Gasteiger partial charge in [-0.05, 0) is 23.3 Å². The molecule has 6 heteroatoms. The van der Waals surface area contributed by atoms with Gasteiger partial charge in [0.1, 0.15) is 0 Å². The molecular formula is C34H28N6. The van der Waals surface area contributed by atoms with Crippen LogP contribution in [0.15, 0.2) is 144 Å². The SMILES string of the molecule is c1ccc(/C(Cc2cc(-c3ccccc3)n[nH]2)=N\N=C(\Cc2cc(-c3ccccc3)n[nH]2)c2ccccc2)cc1. The second-order valence-electron chi connectivity index (χ2n) is 9.47. The van der Waals surface area contributed by atoms with Gasteiger partial charge in [-0.15, -0.1) is 0 Å². The number of nitrogens with zero attached hydrogens (tertiary/aromatic N) is 4. The quantitative estimate of drug-likeness (QED) is 0.157. The van der Waals surface area contributed by atoms with Crippen molar-refractivity contribution in [3.63, 3.8) is 0 Å². The highest BCUT2D eigenvalue weighted by Gasteiger charge is 2.12. The summed E-state index contributed by atoms with van der Waals surface area (Å²) in [7, 11) is 0. The van der Waals surface area contributed by atoms with Crippen LogP contribution in [0, 0.1) is 0 Å². The van der Waals surface area contributed by atoms with Gasteiger partial charge in [0, 0.05) is 35.4 Å². The fraction of sp³-hybridized carbons (Fsp3) is 0.0588. The van der Waals surface area contributed by atoms with E-state index >= 15 is 0 Å². The van der Waals surface area contributed by atoms with Gasteiger partial charge in [0.2, 0.25) is 0 Å². The highest BCUT2D eigenvalue weighted by atomic mass is 15.2. The first kappa shape index (κ1) is 24.9. The predicted molar refractivity (Wildman–Crippen MR) is 161 cm³/mol. The summed E-state index contributed by atoms with van der Waals surface area (Å²) in [6, 6.07) is 44.8. The molecule has 0 spiro atoms. The molecule has 0 aliphatic heterocycles. The molecule has 0 aliphatic rings. The maximum absolute atomic E-state index is 4.83. The molecule has 6 rings (SSSR count). The summed E-state index contributed by atoms with van der Waals surface area (Å²) in [5.74, 6) is 0. The van der Waals surface area contributed by atoms with Crippen LogP contribution in [0.25, 0.3) is 22.5 Å². The standard InChI is InChI=1S/C34H28N6/c1-5-13-25(14-6-1)31-21-29(35-37-31)23-33(27-17-9-3-10-18-27)39-40-34(28-19-11-4-12-20-28)24-30-22-32(38-36-30)26-15-7-2-8-16-26/h1-22H,23-24H2,(H,35,37)(H,36,38)/b39-33-,40-34-. The molecule has 2 aromatic heterocycles. The average Bonchev–Trinajstić information content (AvgIpc) is 3.70. The normalized spacial score (nSPS) is 12.0. The Balaban J connectivity index is 1.33. The van der Waals surface area contributed by atoms with Crippen molar-refractivity contribution >= 4 is 11.4 Å². The molecule has 0 amide bonds. The van der Waals surface area contributed by atoms with Gasteiger partial charge in [-0.1, -0.05) is 121 Å². The van der Waals surface area contributed by atoms with Gasteiger partial charge in [-0.3, -0.25) is 10.2 Å². The van der Waals surface area contributed by atoms with Crippen LogP contribution in [-0.2, 0) is 12.8 Å². The highest BCUT2D eigenvalue weighted by molar-refractivity contribution is 6.04. The number of rotatable bonds is 9. The van der Waals surface area contributed by atoms with E-state index in [2.05, 4.69) is 81.1 Å². The van der Waals surface area contributed by atoms with Gasteiger partial charge < -0.3 is 0 Å².